The standard InChI is InChI=1S/C22H22F4N4O3.C22H25FN4O3.C21H22BrFN4O3.C21H21ClF2N4O3/c23-13-9-30(21-18(13)14(27)2-4-29-21)15-7-17(20(32)19(15)31)33-16-6-11(22(24,25)26)5-10-1-3-28-8-12(10)16;1-11-6-12-2-4-25-9-13(12)17(7-11)30-18-8-16(20(28)21(18)29)27-10-14(23)19-15(24)3-5-26-22(19)27;22-11-5-10-1-3-25-8-12(10)16(6-11)30-17-7-15(19(28)20(17)29)27-9-13(23)18-14(24)2-4-26-21(18)27;22-11-5-15(10-7-26-3-1-9(10)18(11)24)31-16-6-14(19(29)20(16)30)28-8-12(23)17-13(25)2-4-27-21(17)28/h2,4-6,9,15,17,19-20,28,31-32H,1,3,7-8H2,(H2,27,29);3,5-7,10,16,18,20-21,25,28-29H,2,4,8-9H2,1H3,(H2,24,26);2,4-6,9,15,17,19-20,25,28-29H,1,3,7-8H2,(H2,24,26);2,4-5,8,14,16,19-20,26,29-30H,1,3,6-7H2,(H2,25,27)/t15-,17+,19+,20-;16-,18+,20+,21-;15-,17+,19+,20-;14-,16+,19+,20-/m1111/s1. The smallest absolute Gasteiger partial charge is 0.416 e. The number of nitrogens with two attached hydrogens (primary N) is 4. The van der Waals surface area contributed by atoms with E-state index in [-0.39, 0.29) is 79.2 Å². The molecular weight excluding hydrogens is 1720 g/mol. The Hall–Kier alpha value is -10.2. The van der Waals surface area contributed by atoms with Gasteiger partial charge >= 0.3 is 6.18 Å². The molecule has 124 heavy (non-hydrogen) atoms. The van der Waals surface area contributed by atoms with Crippen LogP contribution in [0.4, 0.5) is 57.9 Å². The molecule has 16 atom stereocenters. The molecule has 4 aliphatic carbocycles. The van der Waals surface area contributed by atoms with Gasteiger partial charge in [0.05, 0.1) is 56.3 Å². The minimum absolute atomic E-state index is 0.00911. The normalized spacial score (nSPS) is 25.8. The number of anilines is 4. The van der Waals surface area contributed by atoms with Gasteiger partial charge in [-0.25, -0.2) is 41.9 Å². The molecule has 4 aliphatic heterocycles. The number of aromatic nitrogens is 8. The number of hydrogen-bond donors (Lipinski definition) is 16. The summed E-state index contributed by atoms with van der Waals surface area (Å²) in [6.07, 6.45) is -3.03. The molecule has 0 saturated heterocycles. The maximum absolute atomic E-state index is 14.5. The van der Waals surface area contributed by atoms with Crippen LogP contribution >= 0.6 is 27.5 Å². The zero-order valence-electron chi connectivity index (χ0n) is 66.4. The largest absolute Gasteiger partial charge is 0.487 e. The zero-order chi connectivity index (χ0) is 87.3. The number of nitrogens with one attached hydrogen (secondary N) is 4. The van der Waals surface area contributed by atoms with Crippen molar-refractivity contribution < 1.29 is 94.9 Å². The number of ether oxygens (including phenoxy) is 4. The van der Waals surface area contributed by atoms with Gasteiger partial charge in [0, 0.05) is 157 Å². The summed E-state index contributed by atoms with van der Waals surface area (Å²) >= 11 is 9.58. The molecule has 20 N–H and O–H groups in total. The Kier molecular flexibility index (Phi) is 24.0. The average Bonchev–Trinajstić information content (AvgIpc) is 1.60. The van der Waals surface area contributed by atoms with Gasteiger partial charge in [-0.2, -0.15) is 13.2 Å². The molecule has 4 aromatic carbocycles. The van der Waals surface area contributed by atoms with Crippen LogP contribution in [-0.4, -0.2) is 178 Å². The van der Waals surface area contributed by atoms with Crippen LogP contribution in [0, 0.1) is 36.0 Å². The molecular formula is C86H90BrClF8N16O12. The van der Waals surface area contributed by atoms with Crippen LogP contribution in [0.5, 0.6) is 23.0 Å². The van der Waals surface area contributed by atoms with Crippen molar-refractivity contribution in [3.63, 3.8) is 0 Å². The highest BCUT2D eigenvalue weighted by Gasteiger charge is 2.50. The Balaban J connectivity index is 0.000000117. The third kappa shape index (κ3) is 16.1. The van der Waals surface area contributed by atoms with Crippen molar-refractivity contribution in [2.45, 2.75) is 188 Å². The number of rotatable bonds is 12. The van der Waals surface area contributed by atoms with E-state index in [2.05, 4.69) is 69.3 Å². The Labute approximate surface area is 715 Å². The minimum atomic E-state index is -4.55. The second kappa shape index (κ2) is 34.6. The summed E-state index contributed by atoms with van der Waals surface area (Å²) < 4.78 is 144. The van der Waals surface area contributed by atoms with E-state index in [1.54, 1.807) is 9.13 Å². The molecule has 656 valence electrons. The highest BCUT2D eigenvalue weighted by molar-refractivity contribution is 9.10. The topological polar surface area (TPSA) is 422 Å². The van der Waals surface area contributed by atoms with Crippen LogP contribution in [0.3, 0.4) is 0 Å². The molecule has 0 bridgehead atoms. The lowest BCUT2D eigenvalue weighted by Crippen LogP contribution is -2.35. The summed E-state index contributed by atoms with van der Waals surface area (Å²) in [4.78, 5) is 16.8. The third-order valence-corrected chi connectivity index (χ3v) is 25.7. The van der Waals surface area contributed by atoms with E-state index in [9.17, 15) is 76.0 Å². The summed E-state index contributed by atoms with van der Waals surface area (Å²) in [5.41, 5.74) is 32.8. The van der Waals surface area contributed by atoms with Crippen molar-refractivity contribution >= 4 is 94.4 Å². The van der Waals surface area contributed by atoms with Gasteiger partial charge in [-0.05, 0) is 141 Å². The lowest BCUT2D eigenvalue weighted by Gasteiger charge is -2.25. The molecule has 8 aromatic heterocycles. The first-order valence-electron chi connectivity index (χ1n) is 40.6. The number of benzene rings is 4. The molecule has 0 amide bonds. The number of fused-ring (bicyclic) bond motifs is 8. The van der Waals surface area contributed by atoms with Crippen molar-refractivity contribution in [2.24, 2.45) is 0 Å². The van der Waals surface area contributed by atoms with Gasteiger partial charge in [-0.15, -0.1) is 0 Å². The van der Waals surface area contributed by atoms with Gasteiger partial charge in [0.25, 0.3) is 0 Å². The molecule has 4 fully saturated rings. The number of pyridine rings is 4. The quantitative estimate of drug-likeness (QED) is 0.0507. The number of nitrogen functional groups attached to an aromatic ring is 4. The van der Waals surface area contributed by atoms with Gasteiger partial charge in [-0.3, -0.25) is 0 Å². The fourth-order valence-electron chi connectivity index (χ4n) is 18.7. The fourth-order valence-corrected chi connectivity index (χ4v) is 19.4. The second-order valence-corrected chi connectivity index (χ2v) is 33.9. The summed E-state index contributed by atoms with van der Waals surface area (Å²) in [6.45, 7) is 7.13. The Morgan fingerprint density at radius 3 is 1.06 bits per heavy atom. The third-order valence-electron chi connectivity index (χ3n) is 24.9. The molecule has 28 nitrogen and oxygen atoms in total. The van der Waals surface area contributed by atoms with Gasteiger partial charge in [-0.1, -0.05) is 33.6 Å². The van der Waals surface area contributed by atoms with Crippen molar-refractivity contribution in [1.82, 2.24) is 59.5 Å². The van der Waals surface area contributed by atoms with Crippen molar-refractivity contribution in [1.29, 1.82) is 0 Å². The highest BCUT2D eigenvalue weighted by atomic mass is 79.9. The maximum atomic E-state index is 14.5. The molecule has 0 spiro atoms. The first-order chi connectivity index (χ1) is 59.4. The number of hydrogen-bond acceptors (Lipinski definition) is 24. The van der Waals surface area contributed by atoms with E-state index in [0.717, 1.165) is 71.2 Å². The molecule has 12 heterocycles. The van der Waals surface area contributed by atoms with Crippen LogP contribution in [0.15, 0.2) is 121 Å². The van der Waals surface area contributed by atoms with Gasteiger partial charge in [0.2, 0.25) is 0 Å². The highest BCUT2D eigenvalue weighted by Crippen LogP contribution is 2.47. The first kappa shape index (κ1) is 85.9. The number of aryl methyl sites for hydroxylation is 1. The van der Waals surface area contributed by atoms with E-state index in [0.29, 0.717) is 110 Å². The molecule has 20 rings (SSSR count). The van der Waals surface area contributed by atoms with Crippen LogP contribution in [0.2, 0.25) is 5.02 Å². The SMILES string of the molecule is Cc1cc2c(c(O[C@H]3C[C@@H](n4cc(F)c5c(N)ccnc54)[C@H](O)[C@@H]3O)c1)CNCC2.Nc1ccnc2c1c(F)cn2[C@@H]1C[C@H](Oc2cc(Br)cc3c2CNCC3)[C@@H](O)[C@H]1O.Nc1ccnc2c1c(F)cn2[C@@H]1C[C@H](Oc2cc(C(F)(F)F)cc3c2CNCC3)[C@@H](O)[C@H]1O.Nc1ccnc2c1c(F)cn2[C@@H]1C[C@H](Oc2cc(Cl)c(F)c3c2CNCC3)[C@@H](O)[C@H]1O. The first-order valence-corrected chi connectivity index (χ1v) is 41.8. The molecule has 0 radical (unpaired) electrons. The fraction of sp³-hybridized carbons (Fsp3) is 0.395. The Bertz CT molecular complexity index is 5890. The number of alkyl halides is 3. The van der Waals surface area contributed by atoms with Crippen LogP contribution in [0.25, 0.3) is 44.1 Å². The predicted molar refractivity (Wildman–Crippen MR) is 447 cm³/mol. The van der Waals surface area contributed by atoms with E-state index in [4.69, 9.17) is 53.5 Å². The lowest BCUT2D eigenvalue weighted by molar-refractivity contribution is -0.137. The monoisotopic (exact) mass is 1800 g/mol. The van der Waals surface area contributed by atoms with Crippen molar-refractivity contribution in [2.75, 3.05) is 49.1 Å². The Morgan fingerprint density at radius 1 is 0.403 bits per heavy atom. The van der Waals surface area contributed by atoms with E-state index < -0.39 is 138 Å². The Morgan fingerprint density at radius 2 is 0.710 bits per heavy atom. The molecule has 38 heteroatoms. The van der Waals surface area contributed by atoms with E-state index in [1.165, 1.54) is 94.0 Å². The number of aliphatic hydroxyl groups excluding tert-OH is 8. The van der Waals surface area contributed by atoms with Crippen LogP contribution in [-0.2, 0) is 58.0 Å². The zero-order valence-corrected chi connectivity index (χ0v) is 68.7. The molecule has 12 aromatic rings. The van der Waals surface area contributed by atoms with E-state index >= 15 is 0 Å². The average molecular weight is 1810 g/mol. The van der Waals surface area contributed by atoms with Crippen LogP contribution in [0.1, 0.15) is 105 Å². The summed E-state index contributed by atoms with van der Waals surface area (Å²) in [5, 5.41) is 99.2. The van der Waals surface area contributed by atoms with Crippen molar-refractivity contribution in [3.8, 4) is 23.0 Å². The van der Waals surface area contributed by atoms with Crippen molar-refractivity contribution in [3.05, 3.63) is 211 Å². The second-order valence-electron chi connectivity index (χ2n) is 32.6. The summed E-state index contributed by atoms with van der Waals surface area (Å²) in [6, 6.07) is 14.9. The minimum Gasteiger partial charge on any atom is -0.487 e. The molecule has 0 unspecified atom stereocenters. The predicted octanol–water partition coefficient (Wildman–Crippen LogP) is 8.95. The molecule has 8 aliphatic rings. The van der Waals surface area contributed by atoms with Gasteiger partial charge in [0.15, 0.2) is 23.3 Å². The summed E-state index contributed by atoms with van der Waals surface area (Å²) in [5.74, 6) is -0.889. The number of aliphatic hydroxyl groups is 8. The summed E-state index contributed by atoms with van der Waals surface area (Å²) in [7, 11) is 0. The number of nitrogens with zero attached hydrogens (tertiary/aromatic N) is 8. The van der Waals surface area contributed by atoms with Crippen LogP contribution < -0.4 is 63.1 Å². The van der Waals surface area contributed by atoms with Gasteiger partial charge in [0.1, 0.15) is 125 Å². The lowest BCUT2D eigenvalue weighted by atomic mass is 9.97. The molecule has 4 saturated carbocycles. The van der Waals surface area contributed by atoms with Gasteiger partial charge < -0.3 is 122 Å². The van der Waals surface area contributed by atoms with E-state index in [1.807, 2.05) is 19.1 Å². The maximum Gasteiger partial charge on any atom is 0.416 e. The number of halogens is 10.